The summed E-state index contributed by atoms with van der Waals surface area (Å²) in [5, 5.41) is 0. The molecule has 4 rings (SSSR count). The van der Waals surface area contributed by atoms with Crippen molar-refractivity contribution in [3.63, 3.8) is 0 Å². The fourth-order valence-corrected chi connectivity index (χ4v) is 3.75. The molecule has 2 aromatic carbocycles. The third-order valence-electron chi connectivity index (χ3n) is 5.10. The topological polar surface area (TPSA) is 37.9 Å². The molecule has 146 valence electrons. The molecule has 1 aliphatic rings. The number of ether oxygens (including phenoxy) is 1. The summed E-state index contributed by atoms with van der Waals surface area (Å²) in [4.78, 5) is 7.81. The van der Waals surface area contributed by atoms with E-state index in [4.69, 9.17) is 0 Å². The Labute approximate surface area is 161 Å². The second-order valence-corrected chi connectivity index (χ2v) is 7.16. The number of benzene rings is 2. The number of alkyl halides is 3. The van der Waals surface area contributed by atoms with Crippen molar-refractivity contribution >= 4 is 17.1 Å². The first-order valence-corrected chi connectivity index (χ1v) is 9.51. The van der Waals surface area contributed by atoms with Gasteiger partial charge in [0.25, 0.3) is 0 Å². The third kappa shape index (κ3) is 4.38. The summed E-state index contributed by atoms with van der Waals surface area (Å²) in [6, 6.07) is 11.5. The van der Waals surface area contributed by atoms with Crippen LogP contribution in [0.1, 0.15) is 37.9 Å². The van der Waals surface area contributed by atoms with E-state index in [1.54, 1.807) is 24.3 Å². The van der Waals surface area contributed by atoms with Crippen molar-refractivity contribution in [2.75, 3.05) is 0 Å². The summed E-state index contributed by atoms with van der Waals surface area (Å²) in [6.45, 7) is 0. The van der Waals surface area contributed by atoms with E-state index in [1.165, 1.54) is 44.2 Å². The number of rotatable bonds is 4. The van der Waals surface area contributed by atoms with Crippen molar-refractivity contribution in [3.05, 3.63) is 54.4 Å². The second kappa shape index (κ2) is 7.70. The number of H-pyrrole nitrogens is 1. The minimum Gasteiger partial charge on any atom is -0.405 e. The van der Waals surface area contributed by atoms with Gasteiger partial charge < -0.3 is 9.72 Å². The van der Waals surface area contributed by atoms with Crippen LogP contribution in [0.3, 0.4) is 0 Å². The van der Waals surface area contributed by atoms with E-state index in [1.807, 2.05) is 12.1 Å². The van der Waals surface area contributed by atoms with Gasteiger partial charge in [-0.05, 0) is 48.6 Å². The van der Waals surface area contributed by atoms with E-state index in [2.05, 4.69) is 20.8 Å². The van der Waals surface area contributed by atoms with Gasteiger partial charge >= 0.3 is 6.36 Å². The van der Waals surface area contributed by atoms with Crippen LogP contribution in [0.4, 0.5) is 13.2 Å². The van der Waals surface area contributed by atoms with Crippen LogP contribution in [0.5, 0.6) is 5.75 Å². The van der Waals surface area contributed by atoms with Gasteiger partial charge in [-0.25, -0.2) is 4.98 Å². The Balaban J connectivity index is 1.61. The number of imidazole rings is 1. The monoisotopic (exact) mass is 386 g/mol. The van der Waals surface area contributed by atoms with Gasteiger partial charge in [-0.15, -0.1) is 13.2 Å². The molecule has 1 fully saturated rings. The highest BCUT2D eigenvalue weighted by Gasteiger charge is 2.32. The van der Waals surface area contributed by atoms with Gasteiger partial charge in [0.15, 0.2) is 0 Å². The first-order chi connectivity index (χ1) is 13.5. The molecule has 1 aromatic heterocycles. The number of fused-ring (bicyclic) bond motifs is 1. The lowest BCUT2D eigenvalue weighted by Crippen LogP contribution is -2.17. The van der Waals surface area contributed by atoms with Crippen molar-refractivity contribution in [2.24, 2.45) is 5.92 Å². The highest BCUT2D eigenvalue weighted by Crippen LogP contribution is 2.34. The fraction of sp³-hybridized carbons (Fsp3) is 0.318. The van der Waals surface area contributed by atoms with Gasteiger partial charge in [0.1, 0.15) is 11.6 Å². The van der Waals surface area contributed by atoms with Crippen LogP contribution in [0.15, 0.2) is 48.5 Å². The normalized spacial score (nSPS) is 16.1. The Morgan fingerprint density at radius 1 is 1.04 bits per heavy atom. The zero-order chi connectivity index (χ0) is 19.6. The van der Waals surface area contributed by atoms with E-state index in [0.29, 0.717) is 17.0 Å². The summed E-state index contributed by atoms with van der Waals surface area (Å²) < 4.78 is 42.2. The SMILES string of the molecule is FC(F)(F)Oc1ccccc1-c1ccc2nc(/C=C/C3CCCCC3)[nH]c2c1. The van der Waals surface area contributed by atoms with Crippen molar-refractivity contribution in [1.82, 2.24) is 9.97 Å². The first kappa shape index (κ1) is 18.6. The van der Waals surface area contributed by atoms with Crippen LogP contribution in [0, 0.1) is 5.92 Å². The van der Waals surface area contributed by atoms with Crippen molar-refractivity contribution in [3.8, 4) is 16.9 Å². The maximum Gasteiger partial charge on any atom is 0.573 e. The third-order valence-corrected chi connectivity index (χ3v) is 5.10. The lowest BCUT2D eigenvalue weighted by Gasteiger charge is -2.17. The van der Waals surface area contributed by atoms with Gasteiger partial charge in [-0.3, -0.25) is 0 Å². The number of halogens is 3. The van der Waals surface area contributed by atoms with Crippen LogP contribution in [0.25, 0.3) is 28.2 Å². The molecular formula is C22H21F3N2O. The van der Waals surface area contributed by atoms with Gasteiger partial charge in [0.2, 0.25) is 0 Å². The lowest BCUT2D eigenvalue weighted by molar-refractivity contribution is -0.274. The summed E-state index contributed by atoms with van der Waals surface area (Å²) in [7, 11) is 0. The van der Waals surface area contributed by atoms with E-state index < -0.39 is 6.36 Å². The molecule has 1 saturated carbocycles. The standard InChI is InChI=1S/C22H21F3N2O/c23-22(24,25)28-20-9-5-4-8-17(20)16-11-12-18-19(14-16)27-21(26-18)13-10-15-6-2-1-3-7-15/h4-5,8-15H,1-3,6-7H2,(H,26,27)/b13-10+. The number of hydrogen-bond acceptors (Lipinski definition) is 2. The Morgan fingerprint density at radius 3 is 2.61 bits per heavy atom. The summed E-state index contributed by atoms with van der Waals surface area (Å²) in [5.74, 6) is 1.15. The molecule has 0 amide bonds. The largest absolute Gasteiger partial charge is 0.573 e. The van der Waals surface area contributed by atoms with Crippen molar-refractivity contribution < 1.29 is 17.9 Å². The van der Waals surface area contributed by atoms with Crippen molar-refractivity contribution in [2.45, 2.75) is 38.5 Å². The molecule has 0 radical (unpaired) electrons. The Kier molecular flexibility index (Phi) is 5.11. The molecule has 3 nitrogen and oxygen atoms in total. The van der Waals surface area contributed by atoms with E-state index >= 15 is 0 Å². The van der Waals surface area contributed by atoms with Crippen molar-refractivity contribution in [1.29, 1.82) is 0 Å². The van der Waals surface area contributed by atoms with Crippen LogP contribution in [-0.4, -0.2) is 16.3 Å². The van der Waals surface area contributed by atoms with Crippen LogP contribution >= 0.6 is 0 Å². The van der Waals surface area contributed by atoms with Crippen LogP contribution in [0.2, 0.25) is 0 Å². The summed E-state index contributed by atoms with van der Waals surface area (Å²) >= 11 is 0. The second-order valence-electron chi connectivity index (χ2n) is 7.16. The van der Waals surface area contributed by atoms with Gasteiger partial charge in [0, 0.05) is 5.56 Å². The van der Waals surface area contributed by atoms with Gasteiger partial charge in [-0.2, -0.15) is 0 Å². The predicted molar refractivity (Wildman–Crippen MR) is 104 cm³/mol. The predicted octanol–water partition coefficient (Wildman–Crippen LogP) is 6.72. The number of hydrogen-bond donors (Lipinski definition) is 1. The number of allylic oxidation sites excluding steroid dienone is 1. The van der Waals surface area contributed by atoms with E-state index in [0.717, 1.165) is 16.9 Å². The molecule has 1 N–H and O–H groups in total. The first-order valence-electron chi connectivity index (χ1n) is 9.51. The average Bonchev–Trinajstić information content (AvgIpc) is 3.08. The summed E-state index contributed by atoms with van der Waals surface area (Å²) in [6.07, 6.45) is 5.80. The van der Waals surface area contributed by atoms with Gasteiger partial charge in [0.05, 0.1) is 11.0 Å². The van der Waals surface area contributed by atoms with E-state index in [9.17, 15) is 13.2 Å². The zero-order valence-corrected chi connectivity index (χ0v) is 15.3. The molecule has 3 aromatic rings. The Hall–Kier alpha value is -2.76. The molecule has 1 aliphatic carbocycles. The molecule has 1 heterocycles. The lowest BCUT2D eigenvalue weighted by atomic mass is 9.89. The fourth-order valence-electron chi connectivity index (χ4n) is 3.75. The number of para-hydroxylation sites is 1. The molecule has 0 atom stereocenters. The molecule has 28 heavy (non-hydrogen) atoms. The molecule has 0 unspecified atom stereocenters. The Morgan fingerprint density at radius 2 is 1.82 bits per heavy atom. The average molecular weight is 386 g/mol. The molecular weight excluding hydrogens is 365 g/mol. The Bertz CT molecular complexity index is 985. The number of aromatic amines is 1. The minimum absolute atomic E-state index is 0.216. The zero-order valence-electron chi connectivity index (χ0n) is 15.3. The number of nitrogens with one attached hydrogen (secondary N) is 1. The smallest absolute Gasteiger partial charge is 0.405 e. The molecule has 0 spiro atoms. The number of aromatic nitrogens is 2. The van der Waals surface area contributed by atoms with Crippen LogP contribution < -0.4 is 4.74 Å². The minimum atomic E-state index is -4.73. The quantitative estimate of drug-likeness (QED) is 0.540. The van der Waals surface area contributed by atoms with Gasteiger partial charge in [-0.1, -0.05) is 49.6 Å². The number of nitrogens with zero attached hydrogens (tertiary/aromatic N) is 1. The summed E-state index contributed by atoms with van der Waals surface area (Å²) in [5.41, 5.74) is 2.58. The molecule has 0 saturated heterocycles. The van der Waals surface area contributed by atoms with E-state index in [-0.39, 0.29) is 5.75 Å². The molecule has 0 bridgehead atoms. The molecule has 6 heteroatoms. The highest BCUT2D eigenvalue weighted by atomic mass is 19.4. The molecule has 0 aliphatic heterocycles. The van der Waals surface area contributed by atoms with Crippen LogP contribution in [-0.2, 0) is 0 Å². The maximum absolute atomic E-state index is 12.7. The highest BCUT2D eigenvalue weighted by molar-refractivity contribution is 5.84. The maximum atomic E-state index is 12.7.